The third-order valence-corrected chi connectivity index (χ3v) is 2.36. The van der Waals surface area contributed by atoms with E-state index in [-0.39, 0.29) is 43.4 Å². The van der Waals surface area contributed by atoms with Gasteiger partial charge in [0.05, 0.1) is 26.3 Å². The lowest BCUT2D eigenvalue weighted by molar-refractivity contribution is 0.158. The topological polar surface area (TPSA) is 163 Å². The lowest BCUT2D eigenvalue weighted by atomic mass is 10.5. The summed E-state index contributed by atoms with van der Waals surface area (Å²) in [5, 5.41) is 26.4. The Morgan fingerprint density at radius 3 is 2.45 bits per heavy atom. The molecule has 0 fully saturated rings. The molecule has 20 heavy (non-hydrogen) atoms. The van der Waals surface area contributed by atoms with E-state index in [0.29, 0.717) is 0 Å². The summed E-state index contributed by atoms with van der Waals surface area (Å²) in [5.74, 6) is 0.0215. The maximum absolute atomic E-state index is 11.5. The standard InChI is InChI=1S/C9H13N7O4/c17-3-1-16(2-4-18)15-14-8-10-5-6(11-8)12-9(20)13-7(5)19/h17-18H,1-4H2,(H3,10,11,12,13,19,20)/b15-14+. The van der Waals surface area contributed by atoms with Crippen LogP contribution in [0, 0.1) is 0 Å². The second-order valence-corrected chi connectivity index (χ2v) is 3.78. The Morgan fingerprint density at radius 2 is 1.80 bits per heavy atom. The Balaban J connectivity index is 2.27. The number of rotatable bonds is 6. The average Bonchev–Trinajstić information content (AvgIpc) is 2.79. The lowest BCUT2D eigenvalue weighted by Crippen LogP contribution is -2.24. The van der Waals surface area contributed by atoms with Gasteiger partial charge in [0.1, 0.15) is 0 Å². The average molecular weight is 283 g/mol. The molecule has 0 atom stereocenters. The predicted octanol–water partition coefficient (Wildman–Crippen LogP) is -1.78. The summed E-state index contributed by atoms with van der Waals surface area (Å²) < 4.78 is 0. The highest BCUT2D eigenvalue weighted by atomic mass is 16.3. The second-order valence-electron chi connectivity index (χ2n) is 3.78. The number of hydrogen-bond acceptors (Lipinski definition) is 7. The van der Waals surface area contributed by atoms with Crippen molar-refractivity contribution in [1.29, 1.82) is 0 Å². The Morgan fingerprint density at radius 1 is 1.10 bits per heavy atom. The smallest absolute Gasteiger partial charge is 0.327 e. The quantitative estimate of drug-likeness (QED) is 0.311. The summed E-state index contributed by atoms with van der Waals surface area (Å²) in [6.45, 7) is 0.0989. The van der Waals surface area contributed by atoms with Gasteiger partial charge in [-0.3, -0.25) is 19.8 Å². The van der Waals surface area contributed by atoms with Crippen LogP contribution >= 0.6 is 0 Å². The van der Waals surface area contributed by atoms with Crippen molar-refractivity contribution in [2.24, 2.45) is 10.3 Å². The van der Waals surface area contributed by atoms with E-state index in [1.807, 2.05) is 4.98 Å². The van der Waals surface area contributed by atoms with Crippen LogP contribution in [0.15, 0.2) is 19.9 Å². The fraction of sp³-hybridized carbons (Fsp3) is 0.444. The second kappa shape index (κ2) is 6.08. The van der Waals surface area contributed by atoms with Crippen LogP contribution in [-0.2, 0) is 0 Å². The first-order chi connectivity index (χ1) is 9.63. The molecule has 0 saturated carbocycles. The summed E-state index contributed by atoms with van der Waals surface area (Å²) in [6.07, 6.45) is 0. The Bertz CT molecular complexity index is 709. The minimum atomic E-state index is -0.667. The molecule has 2 aromatic rings. The van der Waals surface area contributed by atoms with Crippen LogP contribution in [0.5, 0.6) is 0 Å². The molecule has 0 unspecified atom stereocenters. The van der Waals surface area contributed by atoms with Crippen molar-refractivity contribution in [3.63, 3.8) is 0 Å². The van der Waals surface area contributed by atoms with Crippen molar-refractivity contribution in [3.05, 3.63) is 20.8 Å². The summed E-state index contributed by atoms with van der Waals surface area (Å²) >= 11 is 0. The first-order valence-corrected chi connectivity index (χ1v) is 5.74. The number of nitrogens with zero attached hydrogens (tertiary/aromatic N) is 4. The van der Waals surface area contributed by atoms with Gasteiger partial charge in [0.15, 0.2) is 11.2 Å². The predicted molar refractivity (Wildman–Crippen MR) is 67.6 cm³/mol. The van der Waals surface area contributed by atoms with Crippen molar-refractivity contribution in [2.45, 2.75) is 0 Å². The van der Waals surface area contributed by atoms with E-state index in [4.69, 9.17) is 10.2 Å². The number of aromatic amines is 3. The molecule has 2 rings (SSSR count). The molecule has 5 N–H and O–H groups in total. The number of hydrogen-bond donors (Lipinski definition) is 5. The molecule has 0 aromatic carbocycles. The van der Waals surface area contributed by atoms with Gasteiger partial charge in [-0.25, -0.2) is 4.79 Å². The molecule has 108 valence electrons. The van der Waals surface area contributed by atoms with Gasteiger partial charge in [-0.05, 0) is 0 Å². The molecular weight excluding hydrogens is 270 g/mol. The van der Waals surface area contributed by atoms with Gasteiger partial charge >= 0.3 is 5.69 Å². The molecule has 11 heteroatoms. The zero-order chi connectivity index (χ0) is 14.5. The highest BCUT2D eigenvalue weighted by Crippen LogP contribution is 2.10. The summed E-state index contributed by atoms with van der Waals surface area (Å²) in [7, 11) is 0. The molecule has 0 spiro atoms. The van der Waals surface area contributed by atoms with Crippen LogP contribution in [0.2, 0.25) is 0 Å². The molecular formula is C9H13N7O4. The van der Waals surface area contributed by atoms with E-state index < -0.39 is 11.2 Å². The first kappa shape index (κ1) is 13.9. The third-order valence-electron chi connectivity index (χ3n) is 2.36. The minimum absolute atomic E-state index is 0.0215. The van der Waals surface area contributed by atoms with Crippen molar-refractivity contribution in [1.82, 2.24) is 24.9 Å². The number of fused-ring (bicyclic) bond motifs is 1. The zero-order valence-corrected chi connectivity index (χ0v) is 10.3. The molecule has 11 nitrogen and oxygen atoms in total. The number of nitrogens with one attached hydrogen (secondary N) is 3. The number of aliphatic hydroxyl groups is 2. The number of aliphatic hydroxyl groups excluding tert-OH is 2. The highest BCUT2D eigenvalue weighted by Gasteiger charge is 2.07. The molecule has 0 aliphatic heterocycles. The van der Waals surface area contributed by atoms with Gasteiger partial charge in [-0.15, -0.1) is 0 Å². The van der Waals surface area contributed by atoms with Gasteiger partial charge in [-0.2, -0.15) is 4.98 Å². The van der Waals surface area contributed by atoms with Crippen molar-refractivity contribution in [2.75, 3.05) is 26.3 Å². The Kier molecular flexibility index (Phi) is 4.22. The number of aromatic nitrogens is 4. The molecule has 2 aromatic heterocycles. The van der Waals surface area contributed by atoms with Crippen molar-refractivity contribution < 1.29 is 10.2 Å². The maximum Gasteiger partial charge on any atom is 0.327 e. The van der Waals surface area contributed by atoms with Crippen LogP contribution in [0.4, 0.5) is 5.95 Å². The largest absolute Gasteiger partial charge is 0.394 e. The van der Waals surface area contributed by atoms with E-state index in [1.54, 1.807) is 0 Å². The van der Waals surface area contributed by atoms with E-state index >= 15 is 0 Å². The normalized spacial score (nSPS) is 11.5. The van der Waals surface area contributed by atoms with Gasteiger partial charge in [0, 0.05) is 0 Å². The molecule has 0 aliphatic carbocycles. The Labute approximate surface area is 111 Å². The van der Waals surface area contributed by atoms with Crippen LogP contribution < -0.4 is 11.2 Å². The maximum atomic E-state index is 11.5. The van der Waals surface area contributed by atoms with Gasteiger partial charge in [0.25, 0.3) is 11.5 Å². The van der Waals surface area contributed by atoms with Gasteiger partial charge in [0.2, 0.25) is 0 Å². The number of H-pyrrole nitrogens is 3. The van der Waals surface area contributed by atoms with Crippen molar-refractivity contribution >= 4 is 17.1 Å². The van der Waals surface area contributed by atoms with Crippen molar-refractivity contribution in [3.8, 4) is 0 Å². The lowest BCUT2D eigenvalue weighted by Gasteiger charge is -2.13. The van der Waals surface area contributed by atoms with Gasteiger partial charge < -0.3 is 15.2 Å². The monoisotopic (exact) mass is 283 g/mol. The highest BCUT2D eigenvalue weighted by molar-refractivity contribution is 5.70. The minimum Gasteiger partial charge on any atom is -0.394 e. The van der Waals surface area contributed by atoms with Gasteiger partial charge in [-0.1, -0.05) is 10.3 Å². The molecule has 0 bridgehead atoms. The van der Waals surface area contributed by atoms with E-state index in [0.717, 1.165) is 0 Å². The number of imidazole rings is 1. The fourth-order valence-corrected chi connectivity index (χ4v) is 1.50. The molecule has 0 amide bonds. The Hall–Kier alpha value is -2.53. The summed E-state index contributed by atoms with van der Waals surface area (Å²) in [6, 6.07) is 0. The van der Waals surface area contributed by atoms with E-state index in [2.05, 4.69) is 25.3 Å². The van der Waals surface area contributed by atoms with E-state index in [9.17, 15) is 9.59 Å². The fourth-order valence-electron chi connectivity index (χ4n) is 1.50. The zero-order valence-electron chi connectivity index (χ0n) is 10.3. The molecule has 2 heterocycles. The van der Waals surface area contributed by atoms with Crippen LogP contribution in [0.1, 0.15) is 0 Å². The molecule has 0 radical (unpaired) electrons. The summed E-state index contributed by atoms with van der Waals surface area (Å²) in [4.78, 5) is 33.4. The van der Waals surface area contributed by atoms with Crippen LogP contribution in [0.25, 0.3) is 11.2 Å². The first-order valence-electron chi connectivity index (χ1n) is 5.74. The van der Waals surface area contributed by atoms with Crippen LogP contribution in [0.3, 0.4) is 0 Å². The molecule has 0 aliphatic rings. The summed E-state index contributed by atoms with van der Waals surface area (Å²) in [5.41, 5.74) is -1.13. The third kappa shape index (κ3) is 3.07. The molecule has 0 saturated heterocycles. The van der Waals surface area contributed by atoms with E-state index in [1.165, 1.54) is 5.01 Å². The van der Waals surface area contributed by atoms with Crippen LogP contribution in [-0.4, -0.2) is 61.5 Å². The SMILES string of the molecule is O=c1[nH]c(=O)c2[nH]c(/N=N/N(CCO)CCO)nc2[nH]1.